The fraction of sp³-hybridized carbons (Fsp3) is 0.261. The number of carboxylic acids is 1. The summed E-state index contributed by atoms with van der Waals surface area (Å²) in [6, 6.07) is 16.6. The molecule has 1 fully saturated rings. The van der Waals surface area contributed by atoms with Gasteiger partial charge in [-0.3, -0.25) is 4.90 Å². The van der Waals surface area contributed by atoms with Crippen LogP contribution >= 0.6 is 0 Å². The molecule has 1 aliphatic heterocycles. The third-order valence-corrected chi connectivity index (χ3v) is 4.73. The van der Waals surface area contributed by atoms with Crippen molar-refractivity contribution < 1.29 is 9.90 Å². The van der Waals surface area contributed by atoms with Gasteiger partial charge in [-0.25, -0.2) is 4.79 Å². The molecule has 0 atom stereocenters. The Morgan fingerprint density at radius 1 is 1.08 bits per heavy atom. The Morgan fingerprint density at radius 2 is 1.81 bits per heavy atom. The first-order valence-corrected chi connectivity index (χ1v) is 9.13. The van der Waals surface area contributed by atoms with E-state index >= 15 is 0 Å². The molecule has 0 radical (unpaired) electrons. The number of likely N-dealkylation sites (tertiary alicyclic amines) is 1. The minimum Gasteiger partial charge on any atom is -0.478 e. The van der Waals surface area contributed by atoms with Gasteiger partial charge in [-0.15, -0.1) is 0 Å². The quantitative estimate of drug-likeness (QED) is 0.775. The van der Waals surface area contributed by atoms with E-state index in [-0.39, 0.29) is 0 Å². The molecule has 0 aromatic heterocycles. The number of carbonyl (C=O) groups is 1. The molecule has 1 saturated heterocycles. The minimum atomic E-state index is -0.932. The van der Waals surface area contributed by atoms with Crippen molar-refractivity contribution in [3.63, 3.8) is 0 Å². The van der Waals surface area contributed by atoms with Crippen LogP contribution in [-0.4, -0.2) is 35.6 Å². The lowest BCUT2D eigenvalue weighted by atomic mass is 9.95. The van der Waals surface area contributed by atoms with E-state index in [1.807, 2.05) is 12.1 Å². The van der Waals surface area contributed by atoms with Crippen molar-refractivity contribution in [3.05, 3.63) is 82.9 Å². The van der Waals surface area contributed by atoms with Gasteiger partial charge in [-0.05, 0) is 67.3 Å². The van der Waals surface area contributed by atoms with Crippen molar-refractivity contribution >= 4 is 17.6 Å². The number of nitrogens with zero attached hydrogens (tertiary/aromatic N) is 1. The number of aliphatic carboxylic acids is 1. The standard InChI is InChI=1S/C23H25NO2/c1-18-7-10-20(11-8-18)22(13-16-24-14-2-3-15-24)21-6-4-5-19(17-21)9-12-23(25)26/h4-13,17H,2-3,14-16H2,1H3,(H,25,26). The van der Waals surface area contributed by atoms with E-state index in [1.165, 1.54) is 48.7 Å². The lowest BCUT2D eigenvalue weighted by Gasteiger charge is -2.15. The maximum Gasteiger partial charge on any atom is 0.328 e. The SMILES string of the molecule is Cc1ccc(C(=CCN2CCCC2)c2cccc(C=CC(=O)O)c2)cc1. The molecule has 3 nitrogen and oxygen atoms in total. The Morgan fingerprint density at radius 3 is 2.50 bits per heavy atom. The number of hydrogen-bond acceptors (Lipinski definition) is 2. The summed E-state index contributed by atoms with van der Waals surface area (Å²) in [4.78, 5) is 13.3. The van der Waals surface area contributed by atoms with Crippen LogP contribution in [0, 0.1) is 6.92 Å². The minimum absolute atomic E-state index is 0.893. The van der Waals surface area contributed by atoms with Crippen molar-refractivity contribution in [1.82, 2.24) is 4.90 Å². The molecule has 26 heavy (non-hydrogen) atoms. The van der Waals surface area contributed by atoms with Gasteiger partial charge in [0.05, 0.1) is 0 Å². The average molecular weight is 347 g/mol. The highest BCUT2D eigenvalue weighted by Crippen LogP contribution is 2.25. The van der Waals surface area contributed by atoms with Crippen LogP contribution in [0.15, 0.2) is 60.7 Å². The topological polar surface area (TPSA) is 40.5 Å². The fourth-order valence-electron chi connectivity index (χ4n) is 3.30. The molecule has 3 rings (SSSR count). The van der Waals surface area contributed by atoms with Crippen molar-refractivity contribution in [2.24, 2.45) is 0 Å². The molecule has 1 heterocycles. The number of aryl methyl sites for hydroxylation is 1. The third-order valence-electron chi connectivity index (χ3n) is 4.73. The highest BCUT2D eigenvalue weighted by Gasteiger charge is 2.11. The molecule has 1 N–H and O–H groups in total. The van der Waals surface area contributed by atoms with Gasteiger partial charge in [0.2, 0.25) is 0 Å². The molecular formula is C23H25NO2. The number of benzene rings is 2. The van der Waals surface area contributed by atoms with Crippen molar-refractivity contribution in [2.75, 3.05) is 19.6 Å². The zero-order valence-electron chi connectivity index (χ0n) is 15.2. The second kappa shape index (κ2) is 8.63. The zero-order valence-corrected chi connectivity index (χ0v) is 15.2. The molecule has 0 aliphatic carbocycles. The summed E-state index contributed by atoms with van der Waals surface area (Å²) >= 11 is 0. The van der Waals surface area contributed by atoms with E-state index in [0.29, 0.717) is 0 Å². The van der Waals surface area contributed by atoms with Gasteiger partial charge < -0.3 is 5.11 Å². The fourth-order valence-corrected chi connectivity index (χ4v) is 3.30. The van der Waals surface area contributed by atoms with Gasteiger partial charge in [-0.1, -0.05) is 54.1 Å². The summed E-state index contributed by atoms with van der Waals surface area (Å²) in [5.41, 5.74) is 5.63. The first-order valence-electron chi connectivity index (χ1n) is 9.13. The smallest absolute Gasteiger partial charge is 0.328 e. The summed E-state index contributed by atoms with van der Waals surface area (Å²) < 4.78 is 0. The Labute approximate surface area is 155 Å². The van der Waals surface area contributed by atoms with Gasteiger partial charge in [-0.2, -0.15) is 0 Å². The molecule has 0 amide bonds. The lowest BCUT2D eigenvalue weighted by molar-refractivity contribution is -0.131. The van der Waals surface area contributed by atoms with Gasteiger partial charge in [0, 0.05) is 12.6 Å². The van der Waals surface area contributed by atoms with Crippen molar-refractivity contribution in [1.29, 1.82) is 0 Å². The van der Waals surface area contributed by atoms with E-state index in [4.69, 9.17) is 5.11 Å². The molecule has 0 spiro atoms. The first-order chi connectivity index (χ1) is 12.6. The normalized spacial score (nSPS) is 15.7. The molecule has 0 saturated carbocycles. The van der Waals surface area contributed by atoms with E-state index in [0.717, 1.165) is 17.7 Å². The molecule has 2 aromatic rings. The monoisotopic (exact) mass is 347 g/mol. The number of rotatable bonds is 6. The third kappa shape index (κ3) is 4.93. The molecule has 134 valence electrons. The summed E-state index contributed by atoms with van der Waals surface area (Å²) in [6.07, 6.45) is 7.68. The molecule has 0 bridgehead atoms. The summed E-state index contributed by atoms with van der Waals surface area (Å²) in [7, 11) is 0. The van der Waals surface area contributed by atoms with Crippen LogP contribution in [-0.2, 0) is 4.79 Å². The highest BCUT2D eigenvalue weighted by atomic mass is 16.4. The maximum atomic E-state index is 10.8. The van der Waals surface area contributed by atoms with Crippen LogP contribution in [0.2, 0.25) is 0 Å². The van der Waals surface area contributed by atoms with E-state index in [2.05, 4.69) is 54.3 Å². The van der Waals surface area contributed by atoms with Gasteiger partial charge in [0.25, 0.3) is 0 Å². The Balaban J connectivity index is 1.94. The Kier molecular flexibility index (Phi) is 6.03. The first kappa shape index (κ1) is 18.2. The van der Waals surface area contributed by atoms with Crippen LogP contribution in [0.25, 0.3) is 11.6 Å². The molecular weight excluding hydrogens is 322 g/mol. The van der Waals surface area contributed by atoms with Crippen LogP contribution < -0.4 is 0 Å². The lowest BCUT2D eigenvalue weighted by Crippen LogP contribution is -2.19. The maximum absolute atomic E-state index is 10.8. The summed E-state index contributed by atoms with van der Waals surface area (Å²) in [5, 5.41) is 8.86. The van der Waals surface area contributed by atoms with E-state index < -0.39 is 5.97 Å². The summed E-state index contributed by atoms with van der Waals surface area (Å²) in [6.45, 7) is 5.37. The zero-order chi connectivity index (χ0) is 18.4. The molecule has 1 aliphatic rings. The largest absolute Gasteiger partial charge is 0.478 e. The van der Waals surface area contributed by atoms with Crippen LogP contribution in [0.3, 0.4) is 0 Å². The Bertz CT molecular complexity index is 812. The molecule has 2 aromatic carbocycles. The predicted octanol–water partition coefficient (Wildman–Crippen LogP) is 4.62. The van der Waals surface area contributed by atoms with Crippen LogP contribution in [0.5, 0.6) is 0 Å². The average Bonchev–Trinajstić information content (AvgIpc) is 3.15. The second-order valence-electron chi connectivity index (χ2n) is 6.79. The molecule has 0 unspecified atom stereocenters. The predicted molar refractivity (Wildman–Crippen MR) is 107 cm³/mol. The highest BCUT2D eigenvalue weighted by molar-refractivity contribution is 5.86. The van der Waals surface area contributed by atoms with Crippen LogP contribution in [0.1, 0.15) is 35.1 Å². The van der Waals surface area contributed by atoms with Gasteiger partial charge >= 0.3 is 5.97 Å². The summed E-state index contributed by atoms with van der Waals surface area (Å²) in [5.74, 6) is -0.932. The van der Waals surface area contributed by atoms with Gasteiger partial charge in [0.1, 0.15) is 0 Å². The second-order valence-corrected chi connectivity index (χ2v) is 6.79. The van der Waals surface area contributed by atoms with Crippen LogP contribution in [0.4, 0.5) is 0 Å². The number of carboxylic acid groups (broad SMARTS) is 1. The van der Waals surface area contributed by atoms with Gasteiger partial charge in [0.15, 0.2) is 0 Å². The molecule has 3 heteroatoms. The van der Waals surface area contributed by atoms with E-state index in [9.17, 15) is 4.79 Å². The number of hydrogen-bond donors (Lipinski definition) is 1. The van der Waals surface area contributed by atoms with Crippen molar-refractivity contribution in [3.8, 4) is 0 Å². The van der Waals surface area contributed by atoms with E-state index in [1.54, 1.807) is 6.08 Å². The Hall–Kier alpha value is -2.65. The van der Waals surface area contributed by atoms with Crippen molar-refractivity contribution in [2.45, 2.75) is 19.8 Å².